The zero-order valence-corrected chi connectivity index (χ0v) is 32.9. The maximum absolute atomic E-state index is 5.91. The molecule has 0 aliphatic heterocycles. The predicted molar refractivity (Wildman–Crippen MR) is 182 cm³/mol. The fourth-order valence-electron chi connectivity index (χ4n) is 6.06. The maximum atomic E-state index is 5.91. The minimum Gasteiger partial charge on any atom is -1.00 e. The van der Waals surface area contributed by atoms with E-state index in [1.807, 2.05) is 0 Å². The third-order valence-corrected chi connectivity index (χ3v) is 10.7. The number of halogens is 2. The Kier molecular flexibility index (Phi) is 51.3. The maximum Gasteiger partial charge on any atom is -1.00 e. The molecule has 0 aromatic heterocycles. The Labute approximate surface area is 295 Å². The van der Waals surface area contributed by atoms with E-state index in [1.54, 1.807) is 0 Å². The normalized spacial score (nSPS) is 11.0. The summed E-state index contributed by atoms with van der Waals surface area (Å²) in [5.74, 6) is 0. The summed E-state index contributed by atoms with van der Waals surface area (Å²) in [4.78, 5) is 0. The summed E-state index contributed by atoms with van der Waals surface area (Å²) in [5, 5.41) is 0. The van der Waals surface area contributed by atoms with Gasteiger partial charge in [0.25, 0.3) is 0 Å². The zero-order chi connectivity index (χ0) is 29.7. The molecule has 2 nitrogen and oxygen atoms in total. The van der Waals surface area contributed by atoms with E-state index < -0.39 is 0 Å². The average molecular weight is 685 g/mol. The van der Waals surface area contributed by atoms with Crippen LogP contribution < -0.4 is 24.8 Å². The van der Waals surface area contributed by atoms with E-state index in [9.17, 15) is 0 Å². The first-order valence-corrected chi connectivity index (χ1v) is 20.8. The summed E-state index contributed by atoms with van der Waals surface area (Å²) in [5.41, 5.74) is 0. The van der Waals surface area contributed by atoms with Gasteiger partial charge in [0.05, 0.1) is 0 Å². The van der Waals surface area contributed by atoms with Crippen molar-refractivity contribution < 1.29 is 47.9 Å². The van der Waals surface area contributed by atoms with Gasteiger partial charge >= 0.3 is 182 Å². The number of nitrogens with zero attached hydrogens (tertiary/aromatic N) is 1. The van der Waals surface area contributed by atoms with Crippen LogP contribution in [0.3, 0.4) is 0 Å². The second-order valence-electron chi connectivity index (χ2n) is 13.1. The Balaban J connectivity index is -0.00000800. The van der Waals surface area contributed by atoms with Crippen LogP contribution in [0.2, 0.25) is 0 Å². The third kappa shape index (κ3) is 43.2. The Hall–Kier alpha value is 1.21. The van der Waals surface area contributed by atoms with E-state index in [-0.39, 0.29) is 44.6 Å². The van der Waals surface area contributed by atoms with Gasteiger partial charge in [0.1, 0.15) is 0 Å². The Morgan fingerprint density at radius 1 is 0.326 bits per heavy atom. The van der Waals surface area contributed by atoms with Gasteiger partial charge in [-0.15, -0.1) is 0 Å². The topological polar surface area (TPSA) is 12.5 Å². The molecule has 0 bridgehead atoms. The molecule has 0 N–H and O–H groups in total. The smallest absolute Gasteiger partial charge is 1.00 e. The van der Waals surface area contributed by atoms with Crippen molar-refractivity contribution in [2.45, 2.75) is 226 Å². The van der Waals surface area contributed by atoms with Crippen LogP contribution in [-0.2, 0) is 23.1 Å². The molecule has 0 spiro atoms. The van der Waals surface area contributed by atoms with Gasteiger partial charge in [0.15, 0.2) is 0 Å². The summed E-state index contributed by atoms with van der Waals surface area (Å²) in [6.07, 6.45) is 46.5. The van der Waals surface area contributed by atoms with E-state index in [4.69, 9.17) is 3.32 Å². The Morgan fingerprint density at radius 2 is 0.535 bits per heavy atom. The van der Waals surface area contributed by atoms with Crippen LogP contribution in [0.25, 0.3) is 0 Å². The Bertz CT molecular complexity index is 422. The second kappa shape index (κ2) is 45.3. The van der Waals surface area contributed by atoms with Crippen molar-refractivity contribution in [3.63, 3.8) is 0 Å². The van der Waals surface area contributed by atoms with Crippen molar-refractivity contribution in [1.82, 2.24) is 3.38 Å². The van der Waals surface area contributed by atoms with Crippen molar-refractivity contribution in [3.8, 4) is 0 Å². The molecule has 0 aliphatic rings. The van der Waals surface area contributed by atoms with Crippen LogP contribution in [0, 0.1) is 0 Å². The molecule has 0 heterocycles. The van der Waals surface area contributed by atoms with E-state index >= 15 is 0 Å². The molecule has 0 unspecified atom stereocenters. The monoisotopic (exact) mass is 684 g/mol. The summed E-state index contributed by atoms with van der Waals surface area (Å²) < 4.78 is 8.61. The third-order valence-electron chi connectivity index (χ3n) is 8.90. The molecule has 0 aromatic rings. The first-order chi connectivity index (χ1) is 20.3. The minimum absolute atomic E-state index is 0. The summed E-state index contributed by atoms with van der Waals surface area (Å²) in [6, 6.07) is 0. The van der Waals surface area contributed by atoms with Crippen LogP contribution in [-0.4, -0.2) is 23.1 Å². The van der Waals surface area contributed by atoms with Crippen molar-refractivity contribution in [3.05, 3.63) is 0 Å². The molecule has 0 aromatic carbocycles. The molecular weight excluding hydrogens is 605 g/mol. The van der Waals surface area contributed by atoms with E-state index in [2.05, 4.69) is 24.2 Å². The first-order valence-electron chi connectivity index (χ1n) is 19.5. The van der Waals surface area contributed by atoms with Gasteiger partial charge < -0.3 is 24.8 Å². The molecule has 5 heteroatoms. The van der Waals surface area contributed by atoms with Crippen LogP contribution in [0.15, 0.2) is 0 Å². The molecular formula is C38H79Cl2NOTi. The molecule has 0 aliphatic carbocycles. The molecule has 0 fully saturated rings. The number of hydrogen-bond donors (Lipinski definition) is 0. The average Bonchev–Trinajstić information content (AvgIpc) is 2.98. The van der Waals surface area contributed by atoms with Crippen LogP contribution in [0.5, 0.6) is 0 Å². The van der Waals surface area contributed by atoms with Crippen LogP contribution in [0.4, 0.5) is 0 Å². The number of rotatable bonds is 37. The summed E-state index contributed by atoms with van der Waals surface area (Å²) >= 11 is -0.342. The quantitative estimate of drug-likeness (QED) is 0.0490. The van der Waals surface area contributed by atoms with Crippen LogP contribution in [0.1, 0.15) is 226 Å². The summed E-state index contributed by atoms with van der Waals surface area (Å²) in [7, 11) is 0. The predicted octanol–water partition coefficient (Wildman–Crippen LogP) is 7.77. The van der Waals surface area contributed by atoms with Crippen LogP contribution >= 0.6 is 0 Å². The first kappa shape index (κ1) is 48.6. The molecule has 260 valence electrons. The van der Waals surface area contributed by atoms with Gasteiger partial charge in [-0.2, -0.15) is 0 Å². The molecule has 0 rings (SSSR count). The second-order valence-corrected chi connectivity index (χ2v) is 14.8. The van der Waals surface area contributed by atoms with Gasteiger partial charge in [-0.05, 0) is 0 Å². The molecule has 0 saturated heterocycles. The SMILES string of the molecule is CCCCCCCCCCCCCCCCCC[N](CCCCCCCCCCCCCCCCCC)[Ti+2][O]CC.[Cl-].[Cl-]. The van der Waals surface area contributed by atoms with Crippen molar-refractivity contribution in [2.75, 3.05) is 19.7 Å². The van der Waals surface area contributed by atoms with Crippen molar-refractivity contribution in [2.24, 2.45) is 0 Å². The molecule has 0 radical (unpaired) electrons. The van der Waals surface area contributed by atoms with Gasteiger partial charge in [-0.1, -0.05) is 90.9 Å². The van der Waals surface area contributed by atoms with E-state index in [0.717, 1.165) is 6.61 Å². The standard InChI is InChI=1S/C36H74N.C2H5O.2ClH.Ti/c1-3-5-7-9-11-13-15-17-19-21-23-25-27-29-31-33-35-37-36-34-32-30-28-26-24-22-20-18-16-14-12-10-8-6-4-2;1-2-3;;;/h3-36H2,1-2H3;2H2,1H3;2*1H;/q2*-1;;;+4/p-2. The molecule has 0 saturated carbocycles. The zero-order valence-electron chi connectivity index (χ0n) is 29.9. The fourth-order valence-corrected chi connectivity index (χ4v) is 7.33. The van der Waals surface area contributed by atoms with Gasteiger partial charge in [0.2, 0.25) is 0 Å². The van der Waals surface area contributed by atoms with E-state index in [0.29, 0.717) is 0 Å². The van der Waals surface area contributed by atoms with Gasteiger partial charge in [-0.25, -0.2) is 0 Å². The van der Waals surface area contributed by atoms with E-state index in [1.165, 1.54) is 219 Å². The van der Waals surface area contributed by atoms with Crippen molar-refractivity contribution >= 4 is 0 Å². The fraction of sp³-hybridized carbons (Fsp3) is 1.00. The van der Waals surface area contributed by atoms with Crippen molar-refractivity contribution in [1.29, 1.82) is 0 Å². The largest absolute Gasteiger partial charge is 1.00 e. The van der Waals surface area contributed by atoms with Gasteiger partial charge in [-0.3, -0.25) is 0 Å². The Morgan fingerprint density at radius 3 is 0.744 bits per heavy atom. The molecule has 43 heavy (non-hydrogen) atoms. The molecule has 0 amide bonds. The van der Waals surface area contributed by atoms with Gasteiger partial charge in [0, 0.05) is 0 Å². The minimum atomic E-state index is -0.342. The summed E-state index contributed by atoms with van der Waals surface area (Å²) in [6.45, 7) is 10.2. The number of unbranched alkanes of at least 4 members (excludes halogenated alkanes) is 30. The number of hydrogen-bond acceptors (Lipinski definition) is 2. The molecule has 0 atom stereocenters.